The summed E-state index contributed by atoms with van der Waals surface area (Å²) in [7, 11) is 2.74. The zero-order valence-electron chi connectivity index (χ0n) is 12.2. The maximum Gasteiger partial charge on any atom is 0.332 e. The molecule has 2 rings (SSSR count). The maximum atomic E-state index is 12.1. The van der Waals surface area contributed by atoms with Crippen LogP contribution in [0.3, 0.4) is 0 Å². The highest BCUT2D eigenvalue weighted by atomic mass is 16.2. The van der Waals surface area contributed by atoms with Gasteiger partial charge in [0.15, 0.2) is 11.2 Å². The van der Waals surface area contributed by atoms with Gasteiger partial charge < -0.3 is 10.3 Å². The Morgan fingerprint density at radius 2 is 1.83 bits per heavy atom. The Bertz CT molecular complexity index is 935. The van der Waals surface area contributed by atoms with E-state index in [1.54, 1.807) is 5.43 Å². The number of hydrazine groups is 1. The monoisotopic (exact) mass is 323 g/mol. The second-order valence-electron chi connectivity index (χ2n) is 4.62. The van der Waals surface area contributed by atoms with E-state index in [-0.39, 0.29) is 17.7 Å². The average Bonchev–Trinajstić information content (AvgIpc) is 2.92. The Hall–Kier alpha value is -3.44. The lowest BCUT2D eigenvalue weighted by Gasteiger charge is -2.08. The van der Waals surface area contributed by atoms with E-state index in [0.717, 1.165) is 4.57 Å². The lowest BCUT2D eigenvalue weighted by Crippen LogP contribution is -2.48. The minimum absolute atomic E-state index is 0.0472. The number of carbonyl (C=O) groups is 3. The first kappa shape index (κ1) is 15.9. The second kappa shape index (κ2) is 5.75. The van der Waals surface area contributed by atoms with Gasteiger partial charge >= 0.3 is 17.5 Å². The van der Waals surface area contributed by atoms with E-state index in [4.69, 9.17) is 5.73 Å². The largest absolute Gasteiger partial charge is 0.361 e. The number of carbonyl (C=O) groups excluding carboxylic acids is 3. The van der Waals surface area contributed by atoms with Gasteiger partial charge in [0.2, 0.25) is 0 Å². The number of rotatable bonds is 2. The summed E-state index contributed by atoms with van der Waals surface area (Å²) in [5, 5.41) is 0. The number of primary amides is 1. The number of amides is 3. The predicted octanol–water partition coefficient (Wildman–Crippen LogP) is -3.93. The number of fused-ring (bicyclic) bond motifs is 1. The molecule has 2 aromatic heterocycles. The van der Waals surface area contributed by atoms with Crippen LogP contribution in [-0.2, 0) is 35.0 Å². The molecule has 0 aliphatic carbocycles. The number of nitrogens with one attached hydrogen (secondary N) is 2. The first-order chi connectivity index (χ1) is 10.7. The summed E-state index contributed by atoms with van der Waals surface area (Å²) in [5.41, 5.74) is 7.47. The highest BCUT2D eigenvalue weighted by Crippen LogP contribution is 2.04. The van der Waals surface area contributed by atoms with Crippen LogP contribution in [-0.4, -0.2) is 36.4 Å². The van der Waals surface area contributed by atoms with E-state index >= 15 is 0 Å². The number of hydrogen-bond donors (Lipinski definition) is 3. The van der Waals surface area contributed by atoms with Crippen molar-refractivity contribution in [3.05, 3.63) is 27.2 Å². The summed E-state index contributed by atoms with van der Waals surface area (Å²) in [5.74, 6) is -3.18. The fourth-order valence-corrected chi connectivity index (χ4v) is 1.90. The highest BCUT2D eigenvalue weighted by molar-refractivity contribution is 6.34. The summed E-state index contributed by atoms with van der Waals surface area (Å²) in [6, 6.07) is 0. The molecule has 0 fully saturated rings. The van der Waals surface area contributed by atoms with E-state index in [9.17, 15) is 24.0 Å². The molecule has 12 heteroatoms. The zero-order valence-corrected chi connectivity index (χ0v) is 12.2. The Morgan fingerprint density at radius 3 is 2.43 bits per heavy atom. The fourth-order valence-electron chi connectivity index (χ4n) is 1.90. The fraction of sp³-hybridized carbons (Fsp3) is 0.273. The highest BCUT2D eigenvalue weighted by Gasteiger charge is 2.16. The molecule has 2 heterocycles. The van der Waals surface area contributed by atoms with Crippen molar-refractivity contribution in [2.24, 2.45) is 19.8 Å². The van der Waals surface area contributed by atoms with Gasteiger partial charge in [-0.05, 0) is 0 Å². The van der Waals surface area contributed by atoms with Crippen molar-refractivity contribution in [1.29, 1.82) is 0 Å². The van der Waals surface area contributed by atoms with Gasteiger partial charge in [-0.1, -0.05) is 0 Å². The Kier molecular flexibility index (Phi) is 3.98. The third kappa shape index (κ3) is 2.81. The first-order valence-corrected chi connectivity index (χ1v) is 6.23. The summed E-state index contributed by atoms with van der Waals surface area (Å²) in [6.07, 6.45) is 1.21. The van der Waals surface area contributed by atoms with Crippen molar-refractivity contribution in [3.8, 4) is 0 Å². The van der Waals surface area contributed by atoms with E-state index in [1.165, 1.54) is 29.6 Å². The third-order valence-electron chi connectivity index (χ3n) is 3.07. The molecule has 0 aromatic carbocycles. The molecule has 0 spiro atoms. The lowest BCUT2D eigenvalue weighted by atomic mass is 10.4. The molecule has 0 aliphatic heterocycles. The van der Waals surface area contributed by atoms with Gasteiger partial charge in [-0.2, -0.15) is 0 Å². The van der Waals surface area contributed by atoms with Gasteiger partial charge in [0.1, 0.15) is 6.54 Å². The van der Waals surface area contributed by atoms with Crippen molar-refractivity contribution in [2.75, 3.05) is 0 Å². The van der Waals surface area contributed by atoms with Crippen molar-refractivity contribution < 1.29 is 14.4 Å². The van der Waals surface area contributed by atoms with Crippen LogP contribution < -0.4 is 27.8 Å². The summed E-state index contributed by atoms with van der Waals surface area (Å²) < 4.78 is 3.26. The molecule has 0 radical (unpaired) electrons. The molecular formula is C11H13N7O5. The number of aromatic nitrogens is 4. The molecule has 3 amide bonds. The van der Waals surface area contributed by atoms with Gasteiger partial charge in [0.05, 0.1) is 6.33 Å². The van der Waals surface area contributed by atoms with Crippen LogP contribution in [0.4, 0.5) is 0 Å². The van der Waals surface area contributed by atoms with Crippen molar-refractivity contribution >= 4 is 28.9 Å². The van der Waals surface area contributed by atoms with E-state index in [1.807, 2.05) is 5.43 Å². The molecular weight excluding hydrogens is 310 g/mol. The molecule has 0 saturated carbocycles. The molecule has 0 aliphatic rings. The Morgan fingerprint density at radius 1 is 1.17 bits per heavy atom. The summed E-state index contributed by atoms with van der Waals surface area (Å²) >= 11 is 0. The molecule has 4 N–H and O–H groups in total. The molecule has 0 saturated heterocycles. The minimum atomic E-state index is -1.26. The molecule has 12 nitrogen and oxygen atoms in total. The van der Waals surface area contributed by atoms with Crippen molar-refractivity contribution in [2.45, 2.75) is 6.54 Å². The lowest BCUT2D eigenvalue weighted by molar-refractivity contribution is -0.139. The standard InChI is InChI=1S/C11H13N7O5/c1-16-8-6(10(22)17(2)11(16)23)18(4-13-8)3-5(19)14-15-9(21)7(12)20/h4H,3H2,1-2H3,(H2,12,20)(H,14,19)(H,15,21). The zero-order chi connectivity index (χ0) is 17.3. The Labute approximate surface area is 127 Å². The van der Waals surface area contributed by atoms with Crippen LogP contribution >= 0.6 is 0 Å². The summed E-state index contributed by atoms with van der Waals surface area (Å²) in [6.45, 7) is -0.372. The Balaban J connectivity index is 2.30. The molecule has 122 valence electrons. The number of hydrogen-bond acceptors (Lipinski definition) is 6. The van der Waals surface area contributed by atoms with Crippen molar-refractivity contribution in [3.63, 3.8) is 0 Å². The van der Waals surface area contributed by atoms with Crippen LogP contribution in [0.15, 0.2) is 15.9 Å². The second-order valence-corrected chi connectivity index (χ2v) is 4.62. The van der Waals surface area contributed by atoms with Gasteiger partial charge in [0, 0.05) is 14.1 Å². The quantitative estimate of drug-likeness (QED) is 0.377. The normalized spacial score (nSPS) is 10.5. The summed E-state index contributed by atoms with van der Waals surface area (Å²) in [4.78, 5) is 61.0. The smallest absolute Gasteiger partial charge is 0.332 e. The molecule has 0 unspecified atom stereocenters. The molecule has 0 atom stereocenters. The molecule has 2 aromatic rings. The minimum Gasteiger partial charge on any atom is -0.361 e. The van der Waals surface area contributed by atoms with Crippen LogP contribution in [0.1, 0.15) is 0 Å². The third-order valence-corrected chi connectivity index (χ3v) is 3.07. The van der Waals surface area contributed by atoms with Gasteiger partial charge in [-0.3, -0.25) is 39.2 Å². The maximum absolute atomic E-state index is 12.1. The molecule has 23 heavy (non-hydrogen) atoms. The van der Waals surface area contributed by atoms with Crippen LogP contribution in [0.25, 0.3) is 11.2 Å². The predicted molar refractivity (Wildman–Crippen MR) is 75.7 cm³/mol. The van der Waals surface area contributed by atoms with Crippen molar-refractivity contribution in [1.82, 2.24) is 29.5 Å². The van der Waals surface area contributed by atoms with E-state index < -0.39 is 29.0 Å². The van der Waals surface area contributed by atoms with E-state index in [2.05, 4.69) is 4.98 Å². The average molecular weight is 323 g/mol. The van der Waals surface area contributed by atoms with Crippen LogP contribution in [0, 0.1) is 0 Å². The molecule has 0 bridgehead atoms. The van der Waals surface area contributed by atoms with Gasteiger partial charge in [-0.25, -0.2) is 9.78 Å². The number of nitrogens with zero attached hydrogens (tertiary/aromatic N) is 4. The number of nitrogens with two attached hydrogens (primary N) is 1. The first-order valence-electron chi connectivity index (χ1n) is 6.23. The van der Waals surface area contributed by atoms with E-state index in [0.29, 0.717) is 0 Å². The van der Waals surface area contributed by atoms with Crippen LogP contribution in [0.5, 0.6) is 0 Å². The SMILES string of the molecule is Cn1c(=O)c2c(ncn2CC(=O)NNC(=O)C(N)=O)n(C)c1=O. The van der Waals surface area contributed by atoms with Gasteiger partial charge in [0.25, 0.3) is 11.5 Å². The number of aryl methyl sites for hydroxylation is 1. The van der Waals surface area contributed by atoms with Gasteiger partial charge in [-0.15, -0.1) is 0 Å². The van der Waals surface area contributed by atoms with Crippen LogP contribution in [0.2, 0.25) is 0 Å². The topological polar surface area (TPSA) is 163 Å². The number of imidazole rings is 1.